The van der Waals surface area contributed by atoms with Crippen molar-refractivity contribution in [3.8, 4) is 0 Å². The van der Waals surface area contributed by atoms with Crippen molar-refractivity contribution in [2.24, 2.45) is 0 Å². The number of halogens is 1. The lowest BCUT2D eigenvalue weighted by molar-refractivity contribution is 0.951. The van der Waals surface area contributed by atoms with Gasteiger partial charge in [0.25, 0.3) is 0 Å². The summed E-state index contributed by atoms with van der Waals surface area (Å²) in [7, 11) is 0. The van der Waals surface area contributed by atoms with Crippen LogP contribution in [0.2, 0.25) is 0 Å². The molecule has 3 rings (SSSR count). The van der Waals surface area contributed by atoms with Crippen molar-refractivity contribution >= 4 is 28.8 Å². The number of hydrogen-bond acceptors (Lipinski definition) is 5. The van der Waals surface area contributed by atoms with Crippen molar-refractivity contribution in [3.63, 3.8) is 0 Å². The highest BCUT2D eigenvalue weighted by atomic mass is 35.5. The lowest BCUT2D eigenvalue weighted by Crippen LogP contribution is -1.99. The van der Waals surface area contributed by atoms with Crippen molar-refractivity contribution in [2.75, 3.05) is 11.1 Å². The zero-order valence-electron chi connectivity index (χ0n) is 13.1. The van der Waals surface area contributed by atoms with Gasteiger partial charge in [0.05, 0.1) is 11.6 Å². The van der Waals surface area contributed by atoms with E-state index in [2.05, 4.69) is 32.4 Å². The van der Waals surface area contributed by atoms with Crippen LogP contribution in [0, 0.1) is 0 Å². The van der Waals surface area contributed by atoms with Crippen molar-refractivity contribution in [2.45, 2.75) is 18.7 Å². The average Bonchev–Trinajstić information content (AvgIpc) is 2.61. The van der Waals surface area contributed by atoms with Gasteiger partial charge in [0.15, 0.2) is 0 Å². The van der Waals surface area contributed by atoms with Crippen LogP contribution in [0.1, 0.15) is 17.0 Å². The number of nitrogens with zero attached hydrogens (tertiary/aromatic N) is 3. The lowest BCUT2D eigenvalue weighted by Gasteiger charge is -2.08. The molecule has 24 heavy (non-hydrogen) atoms. The number of anilines is 3. The van der Waals surface area contributed by atoms with Crippen LogP contribution < -0.4 is 11.1 Å². The molecule has 0 aliphatic rings. The third-order valence-electron chi connectivity index (χ3n) is 3.54. The number of nitrogen functional groups attached to an aromatic ring is 1. The predicted molar refractivity (Wildman–Crippen MR) is 97.4 cm³/mol. The highest BCUT2D eigenvalue weighted by molar-refractivity contribution is 6.16. The third kappa shape index (κ3) is 4.43. The second kappa shape index (κ2) is 7.75. The van der Waals surface area contributed by atoms with E-state index in [4.69, 9.17) is 17.3 Å². The first-order valence-corrected chi connectivity index (χ1v) is 8.19. The minimum Gasteiger partial charge on any atom is -0.397 e. The Morgan fingerprint density at radius 3 is 2.75 bits per heavy atom. The van der Waals surface area contributed by atoms with Crippen LogP contribution in [0.3, 0.4) is 0 Å². The van der Waals surface area contributed by atoms with Crippen LogP contribution in [0.25, 0.3) is 0 Å². The van der Waals surface area contributed by atoms with Crippen molar-refractivity contribution in [1.82, 2.24) is 15.0 Å². The Balaban J connectivity index is 1.67. The van der Waals surface area contributed by atoms with Gasteiger partial charge in [-0.2, -0.15) is 0 Å². The molecule has 0 saturated heterocycles. The predicted octanol–water partition coefficient (Wildman–Crippen LogP) is 3.72. The van der Waals surface area contributed by atoms with E-state index in [0.717, 1.165) is 29.9 Å². The SMILES string of the molecule is Nc1cncc(CCc2cccc(Nc3ccnc(CCl)n3)c2)c1. The molecule has 2 heterocycles. The molecule has 0 aliphatic heterocycles. The molecule has 0 atom stereocenters. The third-order valence-corrected chi connectivity index (χ3v) is 3.78. The number of benzene rings is 1. The van der Waals surface area contributed by atoms with E-state index >= 15 is 0 Å². The summed E-state index contributed by atoms with van der Waals surface area (Å²) in [5, 5.41) is 3.28. The summed E-state index contributed by atoms with van der Waals surface area (Å²) in [6.07, 6.45) is 7.02. The molecule has 3 aromatic rings. The fraction of sp³-hybridized carbons (Fsp3) is 0.167. The van der Waals surface area contributed by atoms with Gasteiger partial charge in [-0.15, -0.1) is 11.6 Å². The van der Waals surface area contributed by atoms with Crippen molar-refractivity contribution < 1.29 is 0 Å². The van der Waals surface area contributed by atoms with Crippen molar-refractivity contribution in [3.05, 3.63) is 71.9 Å². The Hall–Kier alpha value is -2.66. The first-order valence-electron chi connectivity index (χ1n) is 7.66. The van der Waals surface area contributed by atoms with E-state index in [9.17, 15) is 0 Å². The van der Waals surface area contributed by atoms with Gasteiger partial charge in [-0.3, -0.25) is 4.98 Å². The molecule has 0 radical (unpaired) electrons. The summed E-state index contributed by atoms with van der Waals surface area (Å²) in [5.41, 5.74) is 9.81. The maximum atomic E-state index is 5.77. The zero-order valence-corrected chi connectivity index (χ0v) is 13.9. The smallest absolute Gasteiger partial charge is 0.145 e. The van der Waals surface area contributed by atoms with E-state index in [1.165, 1.54) is 5.56 Å². The second-order valence-corrected chi connectivity index (χ2v) is 5.71. The molecule has 0 unspecified atom stereocenters. The fourth-order valence-corrected chi connectivity index (χ4v) is 2.55. The summed E-state index contributed by atoms with van der Waals surface area (Å²) in [5.74, 6) is 1.63. The molecule has 6 heteroatoms. The molecule has 1 aromatic carbocycles. The fourth-order valence-electron chi connectivity index (χ4n) is 2.42. The summed E-state index contributed by atoms with van der Waals surface area (Å²) in [6, 6.07) is 12.0. The number of hydrogen-bond donors (Lipinski definition) is 2. The molecule has 0 spiro atoms. The molecule has 5 nitrogen and oxygen atoms in total. The standard InChI is InChI=1S/C18H18ClN5/c19-10-18-22-7-6-17(24-18)23-16-3-1-2-13(9-16)4-5-14-8-15(20)12-21-11-14/h1-3,6-9,11-12H,4-5,10,20H2,(H,22,23,24). The average molecular weight is 340 g/mol. The van der Waals surface area contributed by atoms with Gasteiger partial charge >= 0.3 is 0 Å². The van der Waals surface area contributed by atoms with Gasteiger partial charge in [0.1, 0.15) is 11.6 Å². The normalized spacial score (nSPS) is 10.5. The minimum absolute atomic E-state index is 0.295. The highest BCUT2D eigenvalue weighted by Gasteiger charge is 2.02. The Morgan fingerprint density at radius 1 is 1.04 bits per heavy atom. The monoisotopic (exact) mass is 339 g/mol. The van der Waals surface area contributed by atoms with E-state index in [0.29, 0.717) is 17.4 Å². The van der Waals surface area contributed by atoms with Crippen LogP contribution in [0.5, 0.6) is 0 Å². The summed E-state index contributed by atoms with van der Waals surface area (Å²) < 4.78 is 0. The molecule has 0 fully saturated rings. The molecule has 0 amide bonds. The molecule has 0 saturated carbocycles. The van der Waals surface area contributed by atoms with Gasteiger partial charge in [0.2, 0.25) is 0 Å². The van der Waals surface area contributed by atoms with Crippen LogP contribution in [-0.2, 0) is 18.7 Å². The molecular formula is C18H18ClN5. The maximum Gasteiger partial charge on any atom is 0.145 e. The molecule has 0 bridgehead atoms. The van der Waals surface area contributed by atoms with Gasteiger partial charge in [-0.25, -0.2) is 9.97 Å². The Labute approximate surface area is 145 Å². The number of nitrogens with two attached hydrogens (primary N) is 1. The number of alkyl halides is 1. The lowest BCUT2D eigenvalue weighted by atomic mass is 10.0. The van der Waals surface area contributed by atoms with E-state index < -0.39 is 0 Å². The number of rotatable bonds is 6. The number of aromatic nitrogens is 3. The first-order chi connectivity index (χ1) is 11.7. The maximum absolute atomic E-state index is 5.77. The number of nitrogens with one attached hydrogen (secondary N) is 1. The van der Waals surface area contributed by atoms with Crippen LogP contribution in [-0.4, -0.2) is 15.0 Å². The van der Waals surface area contributed by atoms with E-state index in [1.54, 1.807) is 12.4 Å². The molecule has 2 aromatic heterocycles. The summed E-state index contributed by atoms with van der Waals surface area (Å²) >= 11 is 5.77. The highest BCUT2D eigenvalue weighted by Crippen LogP contribution is 2.18. The van der Waals surface area contributed by atoms with Crippen LogP contribution in [0.4, 0.5) is 17.2 Å². The molecule has 122 valence electrons. The van der Waals surface area contributed by atoms with E-state index in [1.807, 2.05) is 30.5 Å². The van der Waals surface area contributed by atoms with Gasteiger partial charge in [-0.05, 0) is 48.2 Å². The second-order valence-electron chi connectivity index (χ2n) is 5.44. The Morgan fingerprint density at radius 2 is 1.92 bits per heavy atom. The molecule has 0 aliphatic carbocycles. The Kier molecular flexibility index (Phi) is 5.23. The van der Waals surface area contributed by atoms with Gasteiger partial charge < -0.3 is 11.1 Å². The molecular weight excluding hydrogens is 322 g/mol. The zero-order chi connectivity index (χ0) is 16.8. The van der Waals surface area contributed by atoms with Crippen molar-refractivity contribution in [1.29, 1.82) is 0 Å². The molecule has 3 N–H and O–H groups in total. The van der Waals surface area contributed by atoms with Crippen LogP contribution >= 0.6 is 11.6 Å². The summed E-state index contributed by atoms with van der Waals surface area (Å²) in [6.45, 7) is 0. The Bertz CT molecular complexity index is 822. The minimum atomic E-state index is 0.295. The largest absolute Gasteiger partial charge is 0.397 e. The number of pyridine rings is 1. The van der Waals surface area contributed by atoms with E-state index in [-0.39, 0.29) is 0 Å². The quantitative estimate of drug-likeness (QED) is 0.669. The van der Waals surface area contributed by atoms with Gasteiger partial charge in [-0.1, -0.05) is 12.1 Å². The topological polar surface area (TPSA) is 76.7 Å². The first kappa shape index (κ1) is 16.2. The van der Waals surface area contributed by atoms with Crippen LogP contribution in [0.15, 0.2) is 55.0 Å². The van der Waals surface area contributed by atoms with Gasteiger partial charge in [0, 0.05) is 24.3 Å². The number of aryl methyl sites for hydroxylation is 2. The summed E-state index contributed by atoms with van der Waals surface area (Å²) in [4.78, 5) is 12.6.